The van der Waals surface area contributed by atoms with Crippen LogP contribution in [0.3, 0.4) is 0 Å². The Bertz CT molecular complexity index is 797. The number of amides is 1. The van der Waals surface area contributed by atoms with E-state index in [0.717, 1.165) is 11.3 Å². The quantitative estimate of drug-likeness (QED) is 0.911. The van der Waals surface area contributed by atoms with Crippen LogP contribution in [0.4, 0.5) is 5.82 Å². The van der Waals surface area contributed by atoms with Crippen molar-refractivity contribution in [3.8, 4) is 6.07 Å². The average molecular weight is 310 g/mol. The van der Waals surface area contributed by atoms with Gasteiger partial charge >= 0.3 is 0 Å². The Morgan fingerprint density at radius 1 is 1.43 bits per heavy atom. The van der Waals surface area contributed by atoms with Gasteiger partial charge in [0.25, 0.3) is 5.91 Å². The summed E-state index contributed by atoms with van der Waals surface area (Å²) in [5, 5.41) is 16.4. The van der Waals surface area contributed by atoms with Crippen molar-refractivity contribution in [2.75, 3.05) is 18.0 Å². The highest BCUT2D eigenvalue weighted by atomic mass is 16.2. The summed E-state index contributed by atoms with van der Waals surface area (Å²) >= 11 is 0. The molecule has 0 atom stereocenters. The Balaban J connectivity index is 1.66. The first-order chi connectivity index (χ1) is 11.0. The van der Waals surface area contributed by atoms with E-state index in [2.05, 4.69) is 21.5 Å². The van der Waals surface area contributed by atoms with Gasteiger partial charge in [-0.2, -0.15) is 10.4 Å². The molecule has 7 heteroatoms. The lowest BCUT2D eigenvalue weighted by atomic mass is 10.0. The lowest BCUT2D eigenvalue weighted by molar-refractivity contribution is 0.0924. The van der Waals surface area contributed by atoms with E-state index in [-0.39, 0.29) is 11.9 Å². The maximum Gasteiger partial charge on any atom is 0.272 e. The first-order valence-corrected chi connectivity index (χ1v) is 7.41. The average Bonchev–Trinajstić information content (AvgIpc) is 2.88. The van der Waals surface area contributed by atoms with Gasteiger partial charge in [0, 0.05) is 32.0 Å². The molecule has 2 aromatic rings. The largest absolute Gasteiger partial charge is 0.351 e. The van der Waals surface area contributed by atoms with E-state index >= 15 is 0 Å². The second kappa shape index (κ2) is 5.72. The van der Waals surface area contributed by atoms with Crippen LogP contribution in [0.2, 0.25) is 0 Å². The minimum atomic E-state index is -0.177. The van der Waals surface area contributed by atoms with Crippen LogP contribution in [0.5, 0.6) is 0 Å². The molecule has 0 aromatic carbocycles. The SMILES string of the molecule is Cc1cc(C)c(C#N)c(N2CC(NC(=O)c3ccn(C)n3)C2)n1. The lowest BCUT2D eigenvalue weighted by Crippen LogP contribution is -2.60. The van der Waals surface area contributed by atoms with Crippen molar-refractivity contribution >= 4 is 11.7 Å². The summed E-state index contributed by atoms with van der Waals surface area (Å²) in [6, 6.07) is 5.85. The molecule has 0 radical (unpaired) electrons. The Kier molecular flexibility index (Phi) is 3.74. The van der Waals surface area contributed by atoms with Crippen LogP contribution >= 0.6 is 0 Å². The molecule has 3 heterocycles. The number of carbonyl (C=O) groups excluding carboxylic acids is 1. The number of rotatable bonds is 3. The van der Waals surface area contributed by atoms with Crippen LogP contribution in [0.25, 0.3) is 0 Å². The fourth-order valence-corrected chi connectivity index (χ4v) is 2.72. The zero-order valence-electron chi connectivity index (χ0n) is 13.4. The molecule has 1 fully saturated rings. The summed E-state index contributed by atoms with van der Waals surface area (Å²) < 4.78 is 1.60. The molecule has 1 amide bonds. The molecule has 23 heavy (non-hydrogen) atoms. The number of anilines is 1. The molecule has 118 valence electrons. The van der Waals surface area contributed by atoms with Gasteiger partial charge in [-0.1, -0.05) is 0 Å². The third-order valence-electron chi connectivity index (χ3n) is 3.90. The molecule has 1 N–H and O–H groups in total. The highest BCUT2D eigenvalue weighted by molar-refractivity contribution is 5.92. The maximum atomic E-state index is 12.1. The third-order valence-corrected chi connectivity index (χ3v) is 3.90. The van der Waals surface area contributed by atoms with Gasteiger partial charge in [0.1, 0.15) is 17.6 Å². The van der Waals surface area contributed by atoms with Crippen molar-refractivity contribution in [3.05, 3.63) is 40.8 Å². The lowest BCUT2D eigenvalue weighted by Gasteiger charge is -2.40. The normalized spacial score (nSPS) is 14.3. The van der Waals surface area contributed by atoms with Gasteiger partial charge in [-0.15, -0.1) is 0 Å². The van der Waals surface area contributed by atoms with Gasteiger partial charge in [-0.25, -0.2) is 4.98 Å². The smallest absolute Gasteiger partial charge is 0.272 e. The second-order valence-electron chi connectivity index (χ2n) is 5.84. The minimum Gasteiger partial charge on any atom is -0.351 e. The first kappa shape index (κ1) is 15.0. The fraction of sp³-hybridized carbons (Fsp3) is 0.375. The van der Waals surface area contributed by atoms with E-state index in [9.17, 15) is 10.1 Å². The molecule has 0 unspecified atom stereocenters. The standard InChI is InChI=1S/C16H18N6O/c1-10-6-11(2)18-15(13(10)7-17)22-8-12(9-22)19-16(23)14-4-5-21(3)20-14/h4-6,12H,8-9H2,1-3H3,(H,19,23). The van der Waals surface area contributed by atoms with Crippen molar-refractivity contribution in [2.45, 2.75) is 19.9 Å². The minimum absolute atomic E-state index is 0.0404. The molecule has 0 spiro atoms. The predicted molar refractivity (Wildman–Crippen MR) is 85.1 cm³/mol. The second-order valence-corrected chi connectivity index (χ2v) is 5.84. The van der Waals surface area contributed by atoms with Crippen molar-refractivity contribution in [2.24, 2.45) is 7.05 Å². The molecule has 0 aliphatic carbocycles. The first-order valence-electron chi connectivity index (χ1n) is 7.41. The molecule has 2 aromatic heterocycles. The van der Waals surface area contributed by atoms with E-state index in [1.807, 2.05) is 24.8 Å². The fourth-order valence-electron chi connectivity index (χ4n) is 2.72. The van der Waals surface area contributed by atoms with Gasteiger partial charge < -0.3 is 10.2 Å². The molecular weight excluding hydrogens is 292 g/mol. The summed E-state index contributed by atoms with van der Waals surface area (Å²) in [5.41, 5.74) is 2.83. The number of pyridine rings is 1. The predicted octanol–water partition coefficient (Wildman–Crippen LogP) is 0.922. The summed E-state index contributed by atoms with van der Waals surface area (Å²) in [4.78, 5) is 18.6. The molecular formula is C16H18N6O. The van der Waals surface area contributed by atoms with Crippen LogP contribution in [0.15, 0.2) is 18.3 Å². The van der Waals surface area contributed by atoms with Gasteiger partial charge in [-0.3, -0.25) is 9.48 Å². The zero-order valence-corrected chi connectivity index (χ0v) is 13.4. The van der Waals surface area contributed by atoms with Crippen LogP contribution in [0.1, 0.15) is 27.3 Å². The Labute approximate surface area is 134 Å². The van der Waals surface area contributed by atoms with Crippen LogP contribution in [-0.2, 0) is 7.05 Å². The van der Waals surface area contributed by atoms with Crippen molar-refractivity contribution in [3.63, 3.8) is 0 Å². The Morgan fingerprint density at radius 3 is 2.78 bits per heavy atom. The van der Waals surface area contributed by atoms with Crippen molar-refractivity contribution in [1.82, 2.24) is 20.1 Å². The van der Waals surface area contributed by atoms with Crippen LogP contribution in [0, 0.1) is 25.2 Å². The molecule has 1 saturated heterocycles. The summed E-state index contributed by atoms with van der Waals surface area (Å²) in [7, 11) is 1.77. The topological polar surface area (TPSA) is 86.8 Å². The zero-order chi connectivity index (χ0) is 16.6. The number of aromatic nitrogens is 3. The Morgan fingerprint density at radius 2 is 2.17 bits per heavy atom. The number of hydrogen-bond acceptors (Lipinski definition) is 5. The summed E-state index contributed by atoms with van der Waals surface area (Å²) in [6.07, 6.45) is 1.74. The van der Waals surface area contributed by atoms with E-state index in [1.54, 1.807) is 24.0 Å². The van der Waals surface area contributed by atoms with Crippen LogP contribution < -0.4 is 10.2 Å². The van der Waals surface area contributed by atoms with Gasteiger partial charge in [-0.05, 0) is 31.5 Å². The highest BCUT2D eigenvalue weighted by Gasteiger charge is 2.31. The number of nitrogens with zero attached hydrogens (tertiary/aromatic N) is 5. The van der Waals surface area contributed by atoms with Crippen LogP contribution in [-0.4, -0.2) is 39.8 Å². The van der Waals surface area contributed by atoms with E-state index in [4.69, 9.17) is 0 Å². The molecule has 1 aliphatic heterocycles. The molecule has 7 nitrogen and oxygen atoms in total. The van der Waals surface area contributed by atoms with Gasteiger partial charge in [0.2, 0.25) is 0 Å². The summed E-state index contributed by atoms with van der Waals surface area (Å²) in [5.74, 6) is 0.525. The third kappa shape index (κ3) is 2.88. The van der Waals surface area contributed by atoms with E-state index in [1.165, 1.54) is 0 Å². The monoisotopic (exact) mass is 310 g/mol. The van der Waals surface area contributed by atoms with Gasteiger partial charge in [0.05, 0.1) is 11.6 Å². The van der Waals surface area contributed by atoms with E-state index < -0.39 is 0 Å². The van der Waals surface area contributed by atoms with Crippen molar-refractivity contribution in [1.29, 1.82) is 5.26 Å². The Hall–Kier alpha value is -2.88. The summed E-state index contributed by atoms with van der Waals surface area (Å²) in [6.45, 7) is 5.11. The molecule has 0 saturated carbocycles. The van der Waals surface area contributed by atoms with E-state index in [0.29, 0.717) is 30.2 Å². The molecule has 1 aliphatic rings. The number of hydrogen-bond donors (Lipinski definition) is 1. The van der Waals surface area contributed by atoms with Crippen molar-refractivity contribution < 1.29 is 4.79 Å². The number of nitriles is 1. The number of nitrogens with one attached hydrogen (secondary N) is 1. The molecule has 0 bridgehead atoms. The highest BCUT2D eigenvalue weighted by Crippen LogP contribution is 2.25. The maximum absolute atomic E-state index is 12.1. The molecule has 3 rings (SSSR count). The number of aryl methyl sites for hydroxylation is 3. The van der Waals surface area contributed by atoms with Gasteiger partial charge in [0.15, 0.2) is 0 Å². The number of carbonyl (C=O) groups is 1.